The van der Waals surface area contributed by atoms with Crippen molar-refractivity contribution in [1.29, 1.82) is 0 Å². The number of benzene rings is 1. The van der Waals surface area contributed by atoms with Crippen molar-refractivity contribution in [3.63, 3.8) is 0 Å². The monoisotopic (exact) mass is 409 g/mol. The van der Waals surface area contributed by atoms with Gasteiger partial charge in [-0.25, -0.2) is 10.1 Å². The van der Waals surface area contributed by atoms with Crippen molar-refractivity contribution < 1.29 is 14.0 Å². The molecule has 4 rings (SSSR count). The van der Waals surface area contributed by atoms with E-state index in [-0.39, 0.29) is 12.1 Å². The fourth-order valence-corrected chi connectivity index (χ4v) is 3.42. The van der Waals surface area contributed by atoms with E-state index in [4.69, 9.17) is 4.42 Å². The summed E-state index contributed by atoms with van der Waals surface area (Å²) in [5.74, 6) is -0.139. The molecule has 0 unspecified atom stereocenters. The molecule has 10 heteroatoms. The van der Waals surface area contributed by atoms with Gasteiger partial charge >= 0.3 is 0 Å². The van der Waals surface area contributed by atoms with Crippen molar-refractivity contribution in [2.75, 3.05) is 0 Å². The highest BCUT2D eigenvalue weighted by atomic mass is 32.1. The van der Waals surface area contributed by atoms with Crippen LogP contribution in [0.15, 0.2) is 51.0 Å². The van der Waals surface area contributed by atoms with Gasteiger partial charge in [-0.15, -0.1) is 11.3 Å². The zero-order chi connectivity index (χ0) is 20.4. The molecule has 0 aliphatic carbocycles. The third kappa shape index (κ3) is 3.78. The second-order valence-electron chi connectivity index (χ2n) is 6.13. The quantitative estimate of drug-likeness (QED) is 0.442. The fourth-order valence-electron chi connectivity index (χ4n) is 2.77. The number of hydrogen-bond donors (Lipinski definition) is 3. The smallest absolute Gasteiger partial charge is 0.290 e. The molecule has 0 aliphatic heterocycles. The van der Waals surface area contributed by atoms with Crippen molar-refractivity contribution in [2.45, 2.75) is 13.3 Å². The summed E-state index contributed by atoms with van der Waals surface area (Å²) < 4.78 is 5.60. The highest BCUT2D eigenvalue weighted by Gasteiger charge is 2.17. The predicted octanol–water partition coefficient (Wildman–Crippen LogP) is 1.95. The average Bonchev–Trinajstić information content (AvgIpc) is 3.37. The molecule has 2 amide bonds. The number of carbonyl (C=O) groups is 2. The first kappa shape index (κ1) is 18.6. The Labute approximate surface area is 167 Å². The van der Waals surface area contributed by atoms with Crippen molar-refractivity contribution in [3.8, 4) is 10.8 Å². The summed E-state index contributed by atoms with van der Waals surface area (Å²) in [4.78, 5) is 41.7. The number of fused-ring (bicyclic) bond motifs is 1. The Bertz CT molecular complexity index is 1260. The molecule has 29 heavy (non-hydrogen) atoms. The van der Waals surface area contributed by atoms with E-state index in [2.05, 4.69) is 26.0 Å². The number of aromatic nitrogens is 3. The second-order valence-corrected chi connectivity index (χ2v) is 7.07. The molecule has 0 bridgehead atoms. The van der Waals surface area contributed by atoms with Gasteiger partial charge in [0.05, 0.1) is 22.4 Å². The van der Waals surface area contributed by atoms with Gasteiger partial charge in [-0.1, -0.05) is 24.3 Å². The van der Waals surface area contributed by atoms with Gasteiger partial charge in [-0.3, -0.25) is 25.2 Å². The number of carbonyl (C=O) groups excluding carboxylic acids is 2. The summed E-state index contributed by atoms with van der Waals surface area (Å²) in [7, 11) is 0. The molecule has 0 atom stereocenters. The standard InChI is InChI=1S/C19H15N5O4S/c1-10-13(20-19(28-10)14-7-4-8-29-14)9-15(25)21-24-18(27)16-11-5-2-3-6-12(11)17(26)23-22-16/h2-8H,9H2,1H3,(H,21,25)(H,23,26)(H,24,27). The average molecular weight is 409 g/mol. The van der Waals surface area contributed by atoms with Crippen molar-refractivity contribution in [3.05, 3.63) is 69.3 Å². The molecule has 146 valence electrons. The molecule has 3 heterocycles. The van der Waals surface area contributed by atoms with E-state index in [1.807, 2.05) is 17.5 Å². The fraction of sp³-hybridized carbons (Fsp3) is 0.105. The highest BCUT2D eigenvalue weighted by molar-refractivity contribution is 7.13. The Kier molecular flexibility index (Phi) is 4.92. The molecule has 9 nitrogen and oxygen atoms in total. The Morgan fingerprint density at radius 2 is 1.93 bits per heavy atom. The van der Waals surface area contributed by atoms with Gasteiger partial charge in [0.15, 0.2) is 5.69 Å². The molecule has 0 aliphatic rings. The Morgan fingerprint density at radius 1 is 1.14 bits per heavy atom. The summed E-state index contributed by atoms with van der Waals surface area (Å²) >= 11 is 1.48. The number of amides is 2. The molecule has 0 fully saturated rings. The van der Waals surface area contributed by atoms with Gasteiger partial charge in [0.1, 0.15) is 5.76 Å². The SMILES string of the molecule is Cc1oc(-c2cccs2)nc1CC(=O)NNC(=O)c1n[nH]c(=O)c2ccccc12. The Balaban J connectivity index is 1.44. The molecule has 0 spiro atoms. The number of hydrazine groups is 1. The minimum atomic E-state index is -0.651. The van der Waals surface area contributed by atoms with Crippen LogP contribution in [0.5, 0.6) is 0 Å². The minimum Gasteiger partial charge on any atom is -0.440 e. The summed E-state index contributed by atoms with van der Waals surface area (Å²) in [5, 5.41) is 8.69. The molecule has 4 aromatic rings. The number of nitrogens with one attached hydrogen (secondary N) is 3. The van der Waals surface area contributed by atoms with Crippen LogP contribution in [0.3, 0.4) is 0 Å². The predicted molar refractivity (Wildman–Crippen MR) is 106 cm³/mol. The zero-order valence-electron chi connectivity index (χ0n) is 15.2. The molecular weight excluding hydrogens is 394 g/mol. The number of thiophene rings is 1. The molecule has 0 radical (unpaired) electrons. The van der Waals surface area contributed by atoms with E-state index >= 15 is 0 Å². The normalized spacial score (nSPS) is 10.8. The van der Waals surface area contributed by atoms with E-state index in [0.29, 0.717) is 28.1 Å². The zero-order valence-corrected chi connectivity index (χ0v) is 16.0. The van der Waals surface area contributed by atoms with Gasteiger partial charge in [0.2, 0.25) is 11.8 Å². The minimum absolute atomic E-state index is 0.00176. The highest BCUT2D eigenvalue weighted by Crippen LogP contribution is 2.26. The van der Waals surface area contributed by atoms with Gasteiger partial charge in [0.25, 0.3) is 11.5 Å². The lowest BCUT2D eigenvalue weighted by Crippen LogP contribution is -2.43. The van der Waals surface area contributed by atoms with Crippen LogP contribution in [0.2, 0.25) is 0 Å². The molecule has 0 saturated heterocycles. The summed E-state index contributed by atoms with van der Waals surface area (Å²) in [6.07, 6.45) is -0.0687. The maximum absolute atomic E-state index is 12.4. The van der Waals surface area contributed by atoms with Crippen molar-refractivity contribution >= 4 is 33.9 Å². The number of rotatable bonds is 4. The van der Waals surface area contributed by atoms with Gasteiger partial charge in [-0.05, 0) is 24.4 Å². The van der Waals surface area contributed by atoms with E-state index in [9.17, 15) is 14.4 Å². The second kappa shape index (κ2) is 7.68. The first-order valence-electron chi connectivity index (χ1n) is 8.59. The maximum atomic E-state index is 12.4. The van der Waals surface area contributed by atoms with Crippen LogP contribution in [-0.4, -0.2) is 27.0 Å². The topological polar surface area (TPSA) is 130 Å². The maximum Gasteiger partial charge on any atom is 0.290 e. The molecule has 0 saturated carbocycles. The van der Waals surface area contributed by atoms with Gasteiger partial charge < -0.3 is 4.42 Å². The molecule has 3 N–H and O–H groups in total. The van der Waals surface area contributed by atoms with Crippen LogP contribution >= 0.6 is 11.3 Å². The van der Waals surface area contributed by atoms with E-state index < -0.39 is 17.4 Å². The number of nitrogens with zero attached hydrogens (tertiary/aromatic N) is 2. The largest absolute Gasteiger partial charge is 0.440 e. The summed E-state index contributed by atoms with van der Waals surface area (Å²) in [6.45, 7) is 1.72. The Morgan fingerprint density at radius 3 is 2.69 bits per heavy atom. The summed E-state index contributed by atoms with van der Waals surface area (Å²) in [5.41, 5.74) is 4.71. The number of oxazole rings is 1. The van der Waals surface area contributed by atoms with Crippen LogP contribution in [-0.2, 0) is 11.2 Å². The molecule has 1 aromatic carbocycles. The molecule has 3 aromatic heterocycles. The van der Waals surface area contributed by atoms with Crippen LogP contribution in [0.25, 0.3) is 21.5 Å². The van der Waals surface area contributed by atoms with Crippen LogP contribution < -0.4 is 16.4 Å². The number of aromatic amines is 1. The number of aryl methyl sites for hydroxylation is 1. The van der Waals surface area contributed by atoms with E-state index in [0.717, 1.165) is 4.88 Å². The lowest BCUT2D eigenvalue weighted by molar-refractivity contribution is -0.121. The lowest BCUT2D eigenvalue weighted by atomic mass is 10.1. The van der Waals surface area contributed by atoms with Crippen LogP contribution in [0.1, 0.15) is 21.9 Å². The van der Waals surface area contributed by atoms with Crippen LogP contribution in [0.4, 0.5) is 0 Å². The summed E-state index contributed by atoms with van der Waals surface area (Å²) in [6, 6.07) is 10.3. The van der Waals surface area contributed by atoms with E-state index in [1.165, 1.54) is 11.3 Å². The lowest BCUT2D eigenvalue weighted by Gasteiger charge is -2.07. The van der Waals surface area contributed by atoms with Crippen molar-refractivity contribution in [2.24, 2.45) is 0 Å². The van der Waals surface area contributed by atoms with Gasteiger partial charge in [0, 0.05) is 5.39 Å². The first-order chi connectivity index (χ1) is 14.0. The molecular formula is C19H15N5O4S. The Hall–Kier alpha value is -3.79. The number of H-pyrrole nitrogens is 1. The van der Waals surface area contributed by atoms with E-state index in [1.54, 1.807) is 31.2 Å². The third-order valence-corrected chi connectivity index (χ3v) is 5.04. The third-order valence-electron chi connectivity index (χ3n) is 4.18. The van der Waals surface area contributed by atoms with Gasteiger partial charge in [-0.2, -0.15) is 5.10 Å². The van der Waals surface area contributed by atoms with Crippen molar-refractivity contribution in [1.82, 2.24) is 26.0 Å². The first-order valence-corrected chi connectivity index (χ1v) is 9.47. The number of hydrogen-bond acceptors (Lipinski definition) is 7. The van der Waals surface area contributed by atoms with Crippen LogP contribution in [0, 0.1) is 6.92 Å².